The molecule has 0 nitrogen and oxygen atoms in total. The van der Waals surface area contributed by atoms with Crippen LogP contribution in [0.2, 0.25) is 0 Å². The van der Waals surface area contributed by atoms with Gasteiger partial charge in [0, 0.05) is 0 Å². The van der Waals surface area contributed by atoms with Gasteiger partial charge in [-0.15, -0.1) is 0 Å². The molecule has 240 valence electrons. The van der Waals surface area contributed by atoms with Crippen LogP contribution in [0.1, 0.15) is 0 Å². The average molecular weight is 657 g/mol. The molecule has 0 saturated carbocycles. The summed E-state index contributed by atoms with van der Waals surface area (Å²) >= 11 is 0. The van der Waals surface area contributed by atoms with Gasteiger partial charge in [-0.05, 0) is 127 Å². The Morgan fingerprint density at radius 1 is 0.212 bits per heavy atom. The van der Waals surface area contributed by atoms with Crippen molar-refractivity contribution in [1.29, 1.82) is 0 Å². The Morgan fingerprint density at radius 2 is 0.673 bits per heavy atom. The Kier molecular flexibility index (Phi) is 6.35. The standard InChI is InChI=1S/C52H32/c1-4-19-39-33(14-1)28-29-37-32-49(42-22-7-8-23-43(42)50(37)39)52-46-26-11-9-24-44(46)51(45-25-10-12-27-47(45)52)36-17-13-16-34(30-36)48-31-35-15-2-3-18-38(35)40-20-5-6-21-41(40)48/h1-32H. The van der Waals surface area contributed by atoms with Crippen LogP contribution >= 0.6 is 0 Å². The molecule has 0 aliphatic rings. The third kappa shape index (κ3) is 4.28. The number of benzene rings is 11. The van der Waals surface area contributed by atoms with Crippen LogP contribution in [0.25, 0.3) is 109 Å². The predicted octanol–water partition coefficient (Wildman–Crippen LogP) is 14.8. The van der Waals surface area contributed by atoms with E-state index >= 15 is 0 Å². The van der Waals surface area contributed by atoms with Crippen molar-refractivity contribution in [2.75, 3.05) is 0 Å². The Bertz CT molecular complexity index is 3180. The Hall–Kier alpha value is -6.76. The number of rotatable bonds is 3. The first-order chi connectivity index (χ1) is 25.8. The summed E-state index contributed by atoms with van der Waals surface area (Å²) in [4.78, 5) is 0. The average Bonchev–Trinajstić information content (AvgIpc) is 3.22. The van der Waals surface area contributed by atoms with Crippen molar-refractivity contribution in [2.45, 2.75) is 0 Å². The number of hydrogen-bond acceptors (Lipinski definition) is 0. The summed E-state index contributed by atoms with van der Waals surface area (Å²) in [6, 6.07) is 71.9. The van der Waals surface area contributed by atoms with Crippen LogP contribution in [-0.2, 0) is 0 Å². The lowest BCUT2D eigenvalue weighted by Gasteiger charge is -2.20. The lowest BCUT2D eigenvalue weighted by Crippen LogP contribution is -1.93. The minimum absolute atomic E-state index is 1.23. The van der Waals surface area contributed by atoms with Gasteiger partial charge in [0.05, 0.1) is 0 Å². The van der Waals surface area contributed by atoms with E-state index in [-0.39, 0.29) is 0 Å². The molecule has 0 unspecified atom stereocenters. The first-order valence-corrected chi connectivity index (χ1v) is 18.1. The van der Waals surface area contributed by atoms with Crippen LogP contribution in [0.3, 0.4) is 0 Å². The summed E-state index contributed by atoms with van der Waals surface area (Å²) in [6.45, 7) is 0. The molecule has 0 fully saturated rings. The van der Waals surface area contributed by atoms with E-state index in [1.165, 1.54) is 109 Å². The first-order valence-electron chi connectivity index (χ1n) is 18.1. The van der Waals surface area contributed by atoms with E-state index in [2.05, 4.69) is 194 Å². The molecular weight excluding hydrogens is 625 g/mol. The molecule has 0 heterocycles. The highest BCUT2D eigenvalue weighted by Gasteiger charge is 2.20. The summed E-state index contributed by atoms with van der Waals surface area (Å²) in [5, 5.41) is 17.9. The van der Waals surface area contributed by atoms with Crippen LogP contribution in [0.15, 0.2) is 194 Å². The molecule has 0 radical (unpaired) electrons. The molecule has 0 bridgehead atoms. The van der Waals surface area contributed by atoms with Gasteiger partial charge in [-0.3, -0.25) is 0 Å². The van der Waals surface area contributed by atoms with E-state index in [0.29, 0.717) is 0 Å². The molecule has 0 saturated heterocycles. The zero-order chi connectivity index (χ0) is 34.2. The van der Waals surface area contributed by atoms with Crippen molar-refractivity contribution < 1.29 is 0 Å². The number of hydrogen-bond donors (Lipinski definition) is 0. The van der Waals surface area contributed by atoms with Gasteiger partial charge in [-0.25, -0.2) is 0 Å². The van der Waals surface area contributed by atoms with Crippen molar-refractivity contribution in [1.82, 2.24) is 0 Å². The molecular formula is C52H32. The monoisotopic (exact) mass is 656 g/mol. The molecule has 11 aromatic rings. The van der Waals surface area contributed by atoms with Gasteiger partial charge in [-0.1, -0.05) is 176 Å². The van der Waals surface area contributed by atoms with Crippen molar-refractivity contribution >= 4 is 75.4 Å². The lowest BCUT2D eigenvalue weighted by atomic mass is 9.83. The second kappa shape index (κ2) is 11.4. The Labute approximate surface area is 301 Å². The molecule has 11 rings (SSSR count). The Balaban J connectivity index is 1.21. The minimum Gasteiger partial charge on any atom is -0.0616 e. The van der Waals surface area contributed by atoms with Gasteiger partial charge in [0.1, 0.15) is 0 Å². The molecule has 0 aromatic heterocycles. The van der Waals surface area contributed by atoms with Gasteiger partial charge >= 0.3 is 0 Å². The fourth-order valence-corrected chi connectivity index (χ4v) is 8.95. The van der Waals surface area contributed by atoms with Crippen LogP contribution in [-0.4, -0.2) is 0 Å². The molecule has 11 aromatic carbocycles. The van der Waals surface area contributed by atoms with Crippen molar-refractivity contribution in [3.05, 3.63) is 194 Å². The molecule has 0 spiro atoms. The van der Waals surface area contributed by atoms with Gasteiger partial charge in [-0.2, -0.15) is 0 Å². The highest BCUT2D eigenvalue weighted by Crippen LogP contribution is 2.48. The van der Waals surface area contributed by atoms with E-state index in [4.69, 9.17) is 0 Å². The van der Waals surface area contributed by atoms with Crippen LogP contribution in [0.4, 0.5) is 0 Å². The fraction of sp³-hybridized carbons (Fsp3) is 0. The molecule has 0 atom stereocenters. The summed E-state index contributed by atoms with van der Waals surface area (Å²) in [7, 11) is 0. The second-order valence-electron chi connectivity index (χ2n) is 14.0. The highest BCUT2D eigenvalue weighted by atomic mass is 14.2. The fourth-order valence-electron chi connectivity index (χ4n) is 8.95. The number of fused-ring (bicyclic) bond motifs is 10. The normalized spacial score (nSPS) is 11.8. The van der Waals surface area contributed by atoms with Gasteiger partial charge in [0.25, 0.3) is 0 Å². The zero-order valence-electron chi connectivity index (χ0n) is 28.5. The topological polar surface area (TPSA) is 0 Å². The maximum atomic E-state index is 2.43. The van der Waals surface area contributed by atoms with Crippen molar-refractivity contribution in [2.24, 2.45) is 0 Å². The maximum absolute atomic E-state index is 2.43. The molecule has 52 heavy (non-hydrogen) atoms. The SMILES string of the molecule is c1cc(-c2c3ccccc3c(-c3cc4ccc5ccccc5c4c4ccccc34)c3ccccc23)cc(-c2cc3ccccc3c3ccccc23)c1. The predicted molar refractivity (Wildman–Crippen MR) is 225 cm³/mol. The summed E-state index contributed by atoms with van der Waals surface area (Å²) < 4.78 is 0. The zero-order valence-corrected chi connectivity index (χ0v) is 28.5. The second-order valence-corrected chi connectivity index (χ2v) is 14.0. The van der Waals surface area contributed by atoms with Crippen molar-refractivity contribution in [3.63, 3.8) is 0 Å². The first kappa shape index (κ1) is 29.0. The van der Waals surface area contributed by atoms with Crippen LogP contribution < -0.4 is 0 Å². The van der Waals surface area contributed by atoms with E-state index in [9.17, 15) is 0 Å². The van der Waals surface area contributed by atoms with E-state index in [1.807, 2.05) is 0 Å². The van der Waals surface area contributed by atoms with Crippen LogP contribution in [0, 0.1) is 0 Å². The minimum atomic E-state index is 1.23. The van der Waals surface area contributed by atoms with E-state index in [1.54, 1.807) is 0 Å². The van der Waals surface area contributed by atoms with Crippen molar-refractivity contribution in [3.8, 4) is 33.4 Å². The highest BCUT2D eigenvalue weighted by molar-refractivity contribution is 6.28. The third-order valence-corrected chi connectivity index (χ3v) is 11.2. The van der Waals surface area contributed by atoms with E-state index < -0.39 is 0 Å². The van der Waals surface area contributed by atoms with Gasteiger partial charge < -0.3 is 0 Å². The molecule has 0 aliphatic heterocycles. The molecule has 0 aliphatic carbocycles. The lowest BCUT2D eigenvalue weighted by molar-refractivity contribution is 1.64. The quantitative estimate of drug-likeness (QED) is 0.131. The van der Waals surface area contributed by atoms with Gasteiger partial charge in [0.2, 0.25) is 0 Å². The smallest absolute Gasteiger partial charge is 0.00199 e. The maximum Gasteiger partial charge on any atom is -0.00199 e. The van der Waals surface area contributed by atoms with E-state index in [0.717, 1.165) is 0 Å². The van der Waals surface area contributed by atoms with Gasteiger partial charge in [0.15, 0.2) is 0 Å². The molecule has 0 heteroatoms. The molecule has 0 N–H and O–H groups in total. The summed E-state index contributed by atoms with van der Waals surface area (Å²) in [6.07, 6.45) is 0. The summed E-state index contributed by atoms with van der Waals surface area (Å²) in [5.41, 5.74) is 7.55. The molecule has 0 amide bonds. The third-order valence-electron chi connectivity index (χ3n) is 11.2. The Morgan fingerprint density at radius 3 is 1.37 bits per heavy atom. The summed E-state index contributed by atoms with van der Waals surface area (Å²) in [5.74, 6) is 0. The van der Waals surface area contributed by atoms with Crippen LogP contribution in [0.5, 0.6) is 0 Å². The largest absolute Gasteiger partial charge is 0.0616 e.